The number of ether oxygens (including phenoxy) is 1. The monoisotopic (exact) mass is 438 g/mol. The molecule has 1 heterocycles. The van der Waals surface area contributed by atoms with E-state index < -0.39 is 30.1 Å². The third kappa shape index (κ3) is 5.43. The minimum absolute atomic E-state index is 0.0434. The molecule has 2 aromatic rings. The zero-order valence-electron chi connectivity index (χ0n) is 17.2. The maximum atomic E-state index is 13.2. The van der Waals surface area contributed by atoms with Crippen LogP contribution in [0.1, 0.15) is 48.1 Å². The van der Waals surface area contributed by atoms with Crippen LogP contribution in [0.4, 0.5) is 17.6 Å². The second-order valence-corrected chi connectivity index (χ2v) is 8.01. The number of alkyl halides is 4. The highest BCUT2D eigenvalue weighted by Crippen LogP contribution is 2.36. The second-order valence-electron chi connectivity index (χ2n) is 8.01. The molecule has 1 unspecified atom stereocenters. The third-order valence-corrected chi connectivity index (χ3v) is 5.88. The van der Waals surface area contributed by atoms with Crippen molar-refractivity contribution in [3.8, 4) is 0 Å². The number of carbonyl (C=O) groups is 1. The molecule has 3 N–H and O–H groups in total. The van der Waals surface area contributed by atoms with Crippen molar-refractivity contribution in [3.05, 3.63) is 70.8 Å². The van der Waals surface area contributed by atoms with Crippen molar-refractivity contribution in [3.63, 3.8) is 0 Å². The van der Waals surface area contributed by atoms with Crippen molar-refractivity contribution >= 4 is 5.91 Å². The van der Waals surface area contributed by atoms with E-state index in [1.165, 1.54) is 6.07 Å². The van der Waals surface area contributed by atoms with Crippen molar-refractivity contribution in [2.45, 2.75) is 44.3 Å². The van der Waals surface area contributed by atoms with E-state index in [2.05, 4.69) is 5.32 Å². The number of hydrogen-bond donors (Lipinski definition) is 2. The average molecular weight is 438 g/mol. The Labute approximate surface area is 178 Å². The molecule has 4 nitrogen and oxygen atoms in total. The second kappa shape index (κ2) is 9.36. The smallest absolute Gasteiger partial charge is 0.372 e. The first-order chi connectivity index (χ1) is 14.6. The lowest BCUT2D eigenvalue weighted by Crippen LogP contribution is -2.54. The first-order valence-electron chi connectivity index (χ1n) is 10.1. The lowest BCUT2D eigenvalue weighted by Gasteiger charge is -2.41. The minimum atomic E-state index is -4.57. The molecule has 0 bridgehead atoms. The summed E-state index contributed by atoms with van der Waals surface area (Å²) in [5.74, 6) is -0.656. The van der Waals surface area contributed by atoms with Gasteiger partial charge in [-0.1, -0.05) is 36.4 Å². The highest BCUT2D eigenvalue weighted by atomic mass is 19.4. The molecule has 0 saturated carbocycles. The van der Waals surface area contributed by atoms with Gasteiger partial charge >= 0.3 is 6.18 Å². The van der Waals surface area contributed by atoms with Crippen LogP contribution in [-0.4, -0.2) is 19.1 Å². The first kappa shape index (κ1) is 23.2. The van der Waals surface area contributed by atoms with Gasteiger partial charge in [0.2, 0.25) is 5.91 Å². The highest BCUT2D eigenvalue weighted by Gasteiger charge is 2.39. The van der Waals surface area contributed by atoms with E-state index in [9.17, 15) is 22.4 Å². The van der Waals surface area contributed by atoms with E-state index in [4.69, 9.17) is 10.5 Å². The molecular weight excluding hydrogens is 412 g/mol. The van der Waals surface area contributed by atoms with Gasteiger partial charge in [0.25, 0.3) is 0 Å². The highest BCUT2D eigenvalue weighted by molar-refractivity contribution is 5.77. The summed E-state index contributed by atoms with van der Waals surface area (Å²) >= 11 is 0. The molecule has 0 aliphatic carbocycles. The van der Waals surface area contributed by atoms with E-state index in [1.807, 2.05) is 30.3 Å². The summed E-state index contributed by atoms with van der Waals surface area (Å²) in [6.45, 7) is 1.21. The van der Waals surface area contributed by atoms with Crippen molar-refractivity contribution in [2.75, 3.05) is 13.2 Å². The van der Waals surface area contributed by atoms with Gasteiger partial charge in [0.15, 0.2) is 0 Å². The van der Waals surface area contributed by atoms with Crippen LogP contribution in [0.2, 0.25) is 0 Å². The fraction of sp³-hybridized carbons (Fsp3) is 0.435. The number of rotatable bonds is 7. The Morgan fingerprint density at radius 2 is 1.97 bits per heavy atom. The topological polar surface area (TPSA) is 64.3 Å². The largest absolute Gasteiger partial charge is 0.416 e. The van der Waals surface area contributed by atoms with Crippen LogP contribution in [0, 0.1) is 5.92 Å². The molecule has 0 aromatic heterocycles. The summed E-state index contributed by atoms with van der Waals surface area (Å²) in [6.07, 6.45) is -4.11. The molecule has 3 atom stereocenters. The van der Waals surface area contributed by atoms with Crippen LogP contribution in [0.5, 0.6) is 0 Å². The van der Waals surface area contributed by atoms with E-state index in [1.54, 1.807) is 6.92 Å². The van der Waals surface area contributed by atoms with Gasteiger partial charge in [-0.25, -0.2) is 4.39 Å². The predicted octanol–water partition coefficient (Wildman–Crippen LogP) is 4.63. The molecule has 1 aliphatic rings. The molecule has 8 heteroatoms. The number of halogens is 4. The molecule has 1 aliphatic heterocycles. The van der Waals surface area contributed by atoms with Crippen molar-refractivity contribution in [2.24, 2.45) is 11.7 Å². The standard InChI is InChI=1S/C23H26F4N2O2/c1-15(18-9-16(12-24)10-20(11-18)23(25,26)27)31-14-22(19-5-3-2-4-6-19)8-7-17(13-29-22)21(28)30/h2-6,9-11,15,17,29H,7-8,12-14H2,1H3,(H2,28,30)/t15?,17-,22-/m1/s1. The summed E-state index contributed by atoms with van der Waals surface area (Å²) < 4.78 is 58.8. The van der Waals surface area contributed by atoms with Crippen LogP contribution in [0.3, 0.4) is 0 Å². The van der Waals surface area contributed by atoms with Crippen LogP contribution in [0.25, 0.3) is 0 Å². The molecule has 2 aromatic carbocycles. The Kier molecular flexibility index (Phi) is 7.01. The molecular formula is C23H26F4N2O2. The summed E-state index contributed by atoms with van der Waals surface area (Å²) in [6, 6.07) is 12.8. The van der Waals surface area contributed by atoms with E-state index in [0.29, 0.717) is 19.4 Å². The lowest BCUT2D eigenvalue weighted by molar-refractivity contribution is -0.137. The Balaban J connectivity index is 1.82. The van der Waals surface area contributed by atoms with Gasteiger partial charge in [0, 0.05) is 6.54 Å². The number of primary amides is 1. The maximum Gasteiger partial charge on any atom is 0.416 e. The number of benzene rings is 2. The van der Waals surface area contributed by atoms with Gasteiger partial charge in [-0.05, 0) is 48.6 Å². The van der Waals surface area contributed by atoms with E-state index in [0.717, 1.165) is 17.7 Å². The Morgan fingerprint density at radius 3 is 2.52 bits per heavy atom. The summed E-state index contributed by atoms with van der Waals surface area (Å²) in [5, 5.41) is 3.38. The lowest BCUT2D eigenvalue weighted by atomic mass is 9.79. The molecule has 1 saturated heterocycles. The van der Waals surface area contributed by atoms with Crippen molar-refractivity contribution < 1.29 is 27.1 Å². The van der Waals surface area contributed by atoms with Gasteiger partial charge in [-0.2, -0.15) is 13.2 Å². The van der Waals surface area contributed by atoms with E-state index >= 15 is 0 Å². The Bertz CT molecular complexity index is 894. The van der Waals surface area contributed by atoms with Crippen molar-refractivity contribution in [1.82, 2.24) is 5.32 Å². The molecule has 168 valence electrons. The fourth-order valence-corrected chi connectivity index (χ4v) is 3.94. The summed E-state index contributed by atoms with van der Waals surface area (Å²) in [4.78, 5) is 11.6. The molecule has 31 heavy (non-hydrogen) atoms. The van der Waals surface area contributed by atoms with Crippen LogP contribution < -0.4 is 11.1 Å². The first-order valence-corrected chi connectivity index (χ1v) is 10.1. The number of amides is 1. The van der Waals surface area contributed by atoms with Crippen LogP contribution in [-0.2, 0) is 27.9 Å². The minimum Gasteiger partial charge on any atom is -0.372 e. The van der Waals surface area contributed by atoms with Gasteiger partial charge in [0.05, 0.1) is 29.7 Å². The van der Waals surface area contributed by atoms with Crippen molar-refractivity contribution in [1.29, 1.82) is 0 Å². The molecule has 1 amide bonds. The zero-order chi connectivity index (χ0) is 22.6. The van der Waals surface area contributed by atoms with Gasteiger partial charge in [-0.3, -0.25) is 4.79 Å². The SMILES string of the molecule is CC(OC[C@@]1(c2ccccc2)CC[C@@H](C(N)=O)CN1)c1cc(CF)cc(C(F)(F)F)c1. The van der Waals surface area contributed by atoms with Gasteiger partial charge < -0.3 is 15.8 Å². The van der Waals surface area contributed by atoms with Gasteiger partial charge in [-0.15, -0.1) is 0 Å². The number of nitrogens with two attached hydrogens (primary N) is 1. The average Bonchev–Trinajstić information content (AvgIpc) is 2.77. The normalized spacial score (nSPS) is 22.8. The summed E-state index contributed by atoms with van der Waals surface area (Å²) in [7, 11) is 0. The molecule has 0 spiro atoms. The zero-order valence-corrected chi connectivity index (χ0v) is 17.2. The quantitative estimate of drug-likeness (QED) is 0.620. The Hall–Kier alpha value is -2.45. The van der Waals surface area contributed by atoms with Crippen LogP contribution in [0.15, 0.2) is 48.5 Å². The fourth-order valence-electron chi connectivity index (χ4n) is 3.94. The number of nitrogens with one attached hydrogen (secondary N) is 1. The molecule has 1 fully saturated rings. The molecule has 0 radical (unpaired) electrons. The van der Waals surface area contributed by atoms with Crippen LogP contribution >= 0.6 is 0 Å². The predicted molar refractivity (Wildman–Crippen MR) is 109 cm³/mol. The van der Waals surface area contributed by atoms with E-state index in [-0.39, 0.29) is 29.6 Å². The van der Waals surface area contributed by atoms with Gasteiger partial charge in [0.1, 0.15) is 6.67 Å². The number of carbonyl (C=O) groups excluding carboxylic acids is 1. The maximum absolute atomic E-state index is 13.2. The third-order valence-electron chi connectivity index (χ3n) is 5.88. The summed E-state index contributed by atoms with van der Waals surface area (Å²) in [5.41, 5.74) is 5.11. The number of piperidine rings is 1. The Morgan fingerprint density at radius 1 is 1.26 bits per heavy atom. The number of hydrogen-bond acceptors (Lipinski definition) is 3. The molecule has 3 rings (SSSR count).